The predicted octanol–water partition coefficient (Wildman–Crippen LogP) is 4.07. The van der Waals surface area contributed by atoms with Gasteiger partial charge >= 0.3 is 0 Å². The number of nitrogens with zero attached hydrogens (tertiary/aromatic N) is 1. The molecule has 0 bridgehead atoms. The highest BCUT2D eigenvalue weighted by atomic mass is 16.5. The molecule has 1 saturated heterocycles. The second kappa shape index (κ2) is 7.45. The Kier molecular flexibility index (Phi) is 4.86. The van der Waals surface area contributed by atoms with Crippen molar-refractivity contribution >= 4 is 11.0 Å². The van der Waals surface area contributed by atoms with E-state index in [-0.39, 0.29) is 5.43 Å². The smallest absolute Gasteiger partial charge is 0.200 e. The molecule has 0 saturated carbocycles. The summed E-state index contributed by atoms with van der Waals surface area (Å²) in [4.78, 5) is 15.5. The zero-order valence-electron chi connectivity index (χ0n) is 15.7. The second-order valence-corrected chi connectivity index (χ2v) is 6.86. The fourth-order valence-electron chi connectivity index (χ4n) is 3.64. The van der Waals surface area contributed by atoms with Crippen molar-refractivity contribution in [3.63, 3.8) is 0 Å². The van der Waals surface area contributed by atoms with E-state index in [4.69, 9.17) is 13.9 Å². The first-order valence-corrected chi connectivity index (χ1v) is 9.19. The molecule has 0 unspecified atom stereocenters. The van der Waals surface area contributed by atoms with Crippen molar-refractivity contribution in [1.29, 1.82) is 0 Å². The molecule has 0 N–H and O–H groups in total. The first-order chi connectivity index (χ1) is 13.2. The van der Waals surface area contributed by atoms with Crippen molar-refractivity contribution in [2.24, 2.45) is 0 Å². The average Bonchev–Trinajstić information content (AvgIpc) is 3.21. The standard InChI is InChI=1S/C22H23NO4/c1-25-20-11-17-19(12-21(20)26-2)27-14-18(22(17)24)16-7-5-15(6-8-16)13-23-9-3-4-10-23/h5-8,11-12,14H,3-4,9-10,13H2,1-2H3. The van der Waals surface area contributed by atoms with Crippen molar-refractivity contribution in [1.82, 2.24) is 4.90 Å². The van der Waals surface area contributed by atoms with Crippen molar-refractivity contribution in [3.8, 4) is 22.6 Å². The third kappa shape index (κ3) is 3.43. The highest BCUT2D eigenvalue weighted by molar-refractivity contribution is 5.84. The fraction of sp³-hybridized carbons (Fsp3) is 0.318. The van der Waals surface area contributed by atoms with Gasteiger partial charge in [0.05, 0.1) is 25.2 Å². The van der Waals surface area contributed by atoms with E-state index in [1.165, 1.54) is 37.8 Å². The largest absolute Gasteiger partial charge is 0.493 e. The molecule has 1 aromatic heterocycles. The van der Waals surface area contributed by atoms with Crippen LogP contribution in [0.15, 0.2) is 51.9 Å². The highest BCUT2D eigenvalue weighted by Gasteiger charge is 2.15. The van der Waals surface area contributed by atoms with Crippen molar-refractivity contribution in [3.05, 3.63) is 58.4 Å². The summed E-state index contributed by atoms with van der Waals surface area (Å²) in [5.74, 6) is 1.04. The van der Waals surface area contributed by atoms with Crippen LogP contribution in [0.4, 0.5) is 0 Å². The minimum absolute atomic E-state index is 0.0792. The monoisotopic (exact) mass is 365 g/mol. The van der Waals surface area contributed by atoms with Crippen LogP contribution in [0.3, 0.4) is 0 Å². The Morgan fingerprint density at radius 3 is 2.33 bits per heavy atom. The Bertz CT molecular complexity index is 1000. The molecule has 3 aromatic rings. The molecule has 5 nitrogen and oxygen atoms in total. The van der Waals surface area contributed by atoms with Gasteiger partial charge in [0, 0.05) is 12.6 Å². The van der Waals surface area contributed by atoms with Crippen LogP contribution in [0.25, 0.3) is 22.1 Å². The zero-order chi connectivity index (χ0) is 18.8. The van der Waals surface area contributed by atoms with Crippen LogP contribution < -0.4 is 14.9 Å². The Morgan fingerprint density at radius 1 is 1.00 bits per heavy atom. The summed E-state index contributed by atoms with van der Waals surface area (Å²) in [5, 5.41) is 0.478. The minimum Gasteiger partial charge on any atom is -0.493 e. The van der Waals surface area contributed by atoms with Gasteiger partial charge in [0.15, 0.2) is 11.5 Å². The molecule has 4 rings (SSSR count). The quantitative estimate of drug-likeness (QED) is 0.682. The topological polar surface area (TPSA) is 51.9 Å². The third-order valence-electron chi connectivity index (χ3n) is 5.15. The maximum absolute atomic E-state index is 13.0. The first-order valence-electron chi connectivity index (χ1n) is 9.19. The Labute approximate surface area is 158 Å². The molecule has 2 aromatic carbocycles. The van der Waals surface area contributed by atoms with Crippen molar-refractivity contribution in [2.45, 2.75) is 19.4 Å². The summed E-state index contributed by atoms with van der Waals surface area (Å²) in [7, 11) is 3.11. The summed E-state index contributed by atoms with van der Waals surface area (Å²) in [6, 6.07) is 11.5. The van der Waals surface area contributed by atoms with E-state index in [9.17, 15) is 4.79 Å². The molecule has 0 radical (unpaired) electrons. The van der Waals surface area contributed by atoms with E-state index >= 15 is 0 Å². The van der Waals surface area contributed by atoms with Gasteiger partial charge in [0.2, 0.25) is 5.43 Å². The van der Waals surface area contributed by atoms with Crippen LogP contribution in [0.5, 0.6) is 11.5 Å². The normalized spacial score (nSPS) is 14.6. The van der Waals surface area contributed by atoms with Gasteiger partial charge in [0.1, 0.15) is 11.8 Å². The lowest BCUT2D eigenvalue weighted by molar-refractivity contribution is 0.331. The van der Waals surface area contributed by atoms with Crippen molar-refractivity contribution in [2.75, 3.05) is 27.3 Å². The molecule has 5 heteroatoms. The Hall–Kier alpha value is -2.79. The van der Waals surface area contributed by atoms with E-state index in [1.807, 2.05) is 12.1 Å². The maximum Gasteiger partial charge on any atom is 0.200 e. The molecule has 2 heterocycles. The SMILES string of the molecule is COc1cc2occ(-c3ccc(CN4CCCC4)cc3)c(=O)c2cc1OC. The predicted molar refractivity (Wildman–Crippen MR) is 106 cm³/mol. The maximum atomic E-state index is 13.0. The molecule has 0 atom stereocenters. The number of benzene rings is 2. The molecule has 0 amide bonds. The second-order valence-electron chi connectivity index (χ2n) is 6.86. The van der Waals surface area contributed by atoms with Crippen LogP contribution in [0.1, 0.15) is 18.4 Å². The molecular weight excluding hydrogens is 342 g/mol. The van der Waals surface area contributed by atoms with Gasteiger partial charge in [-0.25, -0.2) is 0 Å². The summed E-state index contributed by atoms with van der Waals surface area (Å²) in [5.41, 5.74) is 3.06. The summed E-state index contributed by atoms with van der Waals surface area (Å²) >= 11 is 0. The van der Waals surface area contributed by atoms with Crippen LogP contribution in [0, 0.1) is 0 Å². The van der Waals surface area contributed by atoms with Gasteiger partial charge in [-0.15, -0.1) is 0 Å². The van der Waals surface area contributed by atoms with Gasteiger partial charge < -0.3 is 13.9 Å². The number of ether oxygens (including phenoxy) is 2. The lowest BCUT2D eigenvalue weighted by Gasteiger charge is -2.14. The third-order valence-corrected chi connectivity index (χ3v) is 5.15. The number of rotatable bonds is 5. The number of methoxy groups -OCH3 is 2. The van der Waals surface area contributed by atoms with Gasteiger partial charge in [0.25, 0.3) is 0 Å². The first kappa shape index (κ1) is 17.6. The fourth-order valence-corrected chi connectivity index (χ4v) is 3.64. The molecule has 27 heavy (non-hydrogen) atoms. The molecular formula is C22H23NO4. The zero-order valence-corrected chi connectivity index (χ0v) is 15.7. The summed E-state index contributed by atoms with van der Waals surface area (Å²) in [6.07, 6.45) is 4.08. The molecule has 1 fully saturated rings. The van der Waals surface area contributed by atoms with Gasteiger partial charge in [-0.3, -0.25) is 9.69 Å². The Morgan fingerprint density at radius 2 is 1.67 bits per heavy atom. The lowest BCUT2D eigenvalue weighted by Crippen LogP contribution is -2.18. The van der Waals surface area contributed by atoms with Gasteiger partial charge in [-0.2, -0.15) is 0 Å². The van der Waals surface area contributed by atoms with Crippen molar-refractivity contribution < 1.29 is 13.9 Å². The average molecular weight is 365 g/mol. The molecule has 0 spiro atoms. The number of fused-ring (bicyclic) bond motifs is 1. The number of likely N-dealkylation sites (tertiary alicyclic amines) is 1. The van der Waals surface area contributed by atoms with E-state index < -0.39 is 0 Å². The summed E-state index contributed by atoms with van der Waals surface area (Å²) < 4.78 is 16.3. The molecule has 0 aliphatic carbocycles. The Balaban J connectivity index is 1.68. The van der Waals surface area contributed by atoms with E-state index in [2.05, 4.69) is 17.0 Å². The van der Waals surface area contributed by atoms with Crippen LogP contribution in [0.2, 0.25) is 0 Å². The van der Waals surface area contributed by atoms with E-state index in [0.29, 0.717) is 28.0 Å². The van der Waals surface area contributed by atoms with E-state index in [0.717, 1.165) is 12.1 Å². The van der Waals surface area contributed by atoms with Crippen LogP contribution in [-0.4, -0.2) is 32.2 Å². The molecule has 1 aliphatic heterocycles. The summed E-state index contributed by atoms with van der Waals surface area (Å²) in [6.45, 7) is 3.30. The number of hydrogen-bond acceptors (Lipinski definition) is 5. The van der Waals surface area contributed by atoms with Crippen LogP contribution in [-0.2, 0) is 6.54 Å². The van der Waals surface area contributed by atoms with Gasteiger partial charge in [-0.05, 0) is 43.1 Å². The van der Waals surface area contributed by atoms with E-state index in [1.54, 1.807) is 26.4 Å². The molecule has 1 aliphatic rings. The minimum atomic E-state index is -0.0792. The lowest BCUT2D eigenvalue weighted by atomic mass is 10.0. The highest BCUT2D eigenvalue weighted by Crippen LogP contribution is 2.32. The van der Waals surface area contributed by atoms with Gasteiger partial charge in [-0.1, -0.05) is 24.3 Å². The number of hydrogen-bond donors (Lipinski definition) is 0. The molecule has 140 valence electrons. The van der Waals surface area contributed by atoms with Crippen LogP contribution >= 0.6 is 0 Å².